The molecule has 0 radical (unpaired) electrons. The van der Waals surface area contributed by atoms with Crippen molar-refractivity contribution in [1.82, 2.24) is 24.3 Å². The topological polar surface area (TPSA) is 74.8 Å². The molecule has 134 valence electrons. The van der Waals surface area contributed by atoms with E-state index in [2.05, 4.69) is 15.1 Å². The number of rotatable bonds is 6. The van der Waals surface area contributed by atoms with Crippen LogP contribution in [0.25, 0.3) is 16.8 Å². The number of hydrogen-bond acceptors (Lipinski definition) is 5. The molecule has 4 rings (SSSR count). The number of ether oxygens (including phenoxy) is 1. The highest BCUT2D eigenvalue weighted by Crippen LogP contribution is 2.20. The summed E-state index contributed by atoms with van der Waals surface area (Å²) >= 11 is 0. The molecule has 1 aliphatic rings. The molecule has 0 bridgehead atoms. The molecule has 0 spiro atoms. The Morgan fingerprint density at radius 3 is 2.62 bits per heavy atom. The van der Waals surface area contributed by atoms with Crippen LogP contribution in [0, 0.1) is 5.92 Å². The van der Waals surface area contributed by atoms with Crippen LogP contribution in [-0.4, -0.2) is 37.5 Å². The third-order valence-electron chi connectivity index (χ3n) is 4.50. The Kier molecular flexibility index (Phi) is 4.62. The quantitative estimate of drug-likeness (QED) is 0.680. The highest BCUT2D eigenvalue weighted by atomic mass is 16.5. The summed E-state index contributed by atoms with van der Waals surface area (Å²) in [5.41, 5.74) is 2.72. The van der Waals surface area contributed by atoms with Crippen molar-refractivity contribution < 1.29 is 4.74 Å². The Bertz CT molecular complexity index is 941. The van der Waals surface area contributed by atoms with Crippen molar-refractivity contribution in [1.29, 1.82) is 0 Å². The molecule has 7 nitrogen and oxygen atoms in total. The van der Waals surface area contributed by atoms with Crippen molar-refractivity contribution >= 4 is 0 Å². The van der Waals surface area contributed by atoms with Gasteiger partial charge in [0.05, 0.1) is 25.1 Å². The summed E-state index contributed by atoms with van der Waals surface area (Å²) in [6, 6.07) is 3.36. The number of aryl methyl sites for hydroxylation is 1. The first-order valence-corrected chi connectivity index (χ1v) is 8.87. The standard InChI is InChI=1S/C19H21N5O2/c1-2-5-23-11-17(3-4-19(23)25)24-10-16(9-22-24)15-7-20-18(21-8-15)6-14-12-26-13-14/h3-4,7-11,14H,2,5-6,12-13H2,1H3. The fourth-order valence-corrected chi connectivity index (χ4v) is 2.95. The number of nitrogens with zero attached hydrogens (tertiary/aromatic N) is 5. The third-order valence-corrected chi connectivity index (χ3v) is 4.50. The molecule has 4 heterocycles. The van der Waals surface area contributed by atoms with Gasteiger partial charge in [0, 0.05) is 60.9 Å². The first-order valence-electron chi connectivity index (χ1n) is 8.87. The van der Waals surface area contributed by atoms with Crippen LogP contribution in [0.3, 0.4) is 0 Å². The van der Waals surface area contributed by atoms with Crippen LogP contribution in [-0.2, 0) is 17.7 Å². The minimum Gasteiger partial charge on any atom is -0.381 e. The second-order valence-corrected chi connectivity index (χ2v) is 6.59. The van der Waals surface area contributed by atoms with Gasteiger partial charge in [-0.15, -0.1) is 0 Å². The van der Waals surface area contributed by atoms with Crippen molar-refractivity contribution in [3.05, 3.63) is 59.3 Å². The third kappa shape index (κ3) is 3.43. The molecule has 0 amide bonds. The van der Waals surface area contributed by atoms with Gasteiger partial charge in [0.1, 0.15) is 5.82 Å². The van der Waals surface area contributed by atoms with E-state index in [4.69, 9.17) is 4.74 Å². The van der Waals surface area contributed by atoms with Gasteiger partial charge in [0.15, 0.2) is 0 Å². The van der Waals surface area contributed by atoms with Gasteiger partial charge in [-0.25, -0.2) is 14.6 Å². The zero-order valence-corrected chi connectivity index (χ0v) is 14.7. The molecule has 0 atom stereocenters. The number of hydrogen-bond donors (Lipinski definition) is 0. The van der Waals surface area contributed by atoms with Crippen LogP contribution in [0.15, 0.2) is 47.9 Å². The van der Waals surface area contributed by atoms with Gasteiger partial charge >= 0.3 is 0 Å². The fourth-order valence-electron chi connectivity index (χ4n) is 2.95. The van der Waals surface area contributed by atoms with Crippen LogP contribution in [0.2, 0.25) is 0 Å². The van der Waals surface area contributed by atoms with Crippen molar-refractivity contribution in [3.8, 4) is 16.8 Å². The highest BCUT2D eigenvalue weighted by molar-refractivity contribution is 5.60. The molecule has 1 fully saturated rings. The van der Waals surface area contributed by atoms with E-state index in [1.54, 1.807) is 27.6 Å². The van der Waals surface area contributed by atoms with Crippen LogP contribution in [0.1, 0.15) is 19.2 Å². The Morgan fingerprint density at radius 1 is 1.12 bits per heavy atom. The molecule has 0 saturated carbocycles. The van der Waals surface area contributed by atoms with Crippen molar-refractivity contribution in [3.63, 3.8) is 0 Å². The van der Waals surface area contributed by atoms with Crippen molar-refractivity contribution in [2.24, 2.45) is 5.92 Å². The van der Waals surface area contributed by atoms with Gasteiger partial charge in [-0.1, -0.05) is 6.92 Å². The summed E-state index contributed by atoms with van der Waals surface area (Å²) in [7, 11) is 0. The summed E-state index contributed by atoms with van der Waals surface area (Å²) in [4.78, 5) is 20.8. The van der Waals surface area contributed by atoms with E-state index in [1.807, 2.05) is 31.7 Å². The average molecular weight is 351 g/mol. The molecule has 0 N–H and O–H groups in total. The molecular formula is C19H21N5O2. The van der Waals surface area contributed by atoms with E-state index in [9.17, 15) is 4.79 Å². The normalized spacial score (nSPS) is 14.3. The predicted molar refractivity (Wildman–Crippen MR) is 97.2 cm³/mol. The second-order valence-electron chi connectivity index (χ2n) is 6.59. The summed E-state index contributed by atoms with van der Waals surface area (Å²) in [6.07, 6.45) is 11.0. The molecular weight excluding hydrogens is 330 g/mol. The van der Waals surface area contributed by atoms with Crippen molar-refractivity contribution in [2.45, 2.75) is 26.3 Å². The van der Waals surface area contributed by atoms with Gasteiger partial charge in [-0.2, -0.15) is 5.10 Å². The molecule has 7 heteroatoms. The smallest absolute Gasteiger partial charge is 0.250 e. The molecule has 0 aliphatic carbocycles. The van der Waals surface area contributed by atoms with E-state index >= 15 is 0 Å². The van der Waals surface area contributed by atoms with Gasteiger partial charge in [0.2, 0.25) is 0 Å². The molecule has 0 unspecified atom stereocenters. The zero-order chi connectivity index (χ0) is 17.9. The zero-order valence-electron chi connectivity index (χ0n) is 14.7. The largest absolute Gasteiger partial charge is 0.381 e. The van der Waals surface area contributed by atoms with Gasteiger partial charge in [-0.3, -0.25) is 4.79 Å². The monoisotopic (exact) mass is 351 g/mol. The molecule has 1 saturated heterocycles. The Balaban J connectivity index is 1.54. The minimum atomic E-state index is 0.00355. The Labute approximate surface area is 151 Å². The summed E-state index contributed by atoms with van der Waals surface area (Å²) in [6.45, 7) is 4.35. The Morgan fingerprint density at radius 2 is 1.92 bits per heavy atom. The molecule has 3 aromatic heterocycles. The fraction of sp³-hybridized carbons (Fsp3) is 0.368. The second kappa shape index (κ2) is 7.21. The molecule has 3 aromatic rings. The SMILES string of the molecule is CCCn1cc(-n2cc(-c3cnc(CC4COC4)nc3)cn2)ccc1=O. The summed E-state index contributed by atoms with van der Waals surface area (Å²) < 4.78 is 8.66. The Hall–Kier alpha value is -2.80. The maximum atomic E-state index is 11.9. The average Bonchev–Trinajstić information content (AvgIpc) is 3.11. The number of pyridine rings is 1. The van der Waals surface area contributed by atoms with Crippen molar-refractivity contribution in [2.75, 3.05) is 13.2 Å². The van der Waals surface area contributed by atoms with Crippen LogP contribution < -0.4 is 5.56 Å². The predicted octanol–water partition coefficient (Wildman–Crippen LogP) is 2.09. The van der Waals surface area contributed by atoms with E-state index in [-0.39, 0.29) is 5.56 Å². The first-order chi connectivity index (χ1) is 12.7. The van der Waals surface area contributed by atoms with Crippen LogP contribution in [0.5, 0.6) is 0 Å². The van der Waals surface area contributed by atoms with E-state index in [0.29, 0.717) is 12.5 Å². The van der Waals surface area contributed by atoms with Gasteiger partial charge in [-0.05, 0) is 12.5 Å². The lowest BCUT2D eigenvalue weighted by atomic mass is 10.0. The van der Waals surface area contributed by atoms with Crippen LogP contribution >= 0.6 is 0 Å². The van der Waals surface area contributed by atoms with E-state index in [0.717, 1.165) is 48.7 Å². The lowest BCUT2D eigenvalue weighted by molar-refractivity contribution is -0.0321. The minimum absolute atomic E-state index is 0.00355. The van der Waals surface area contributed by atoms with Crippen LogP contribution in [0.4, 0.5) is 0 Å². The van der Waals surface area contributed by atoms with Gasteiger partial charge in [0.25, 0.3) is 5.56 Å². The maximum absolute atomic E-state index is 11.9. The molecule has 26 heavy (non-hydrogen) atoms. The van der Waals surface area contributed by atoms with E-state index < -0.39 is 0 Å². The van der Waals surface area contributed by atoms with Gasteiger partial charge < -0.3 is 9.30 Å². The first kappa shape index (κ1) is 16.7. The summed E-state index contributed by atoms with van der Waals surface area (Å²) in [5.74, 6) is 1.39. The lowest BCUT2D eigenvalue weighted by Crippen LogP contribution is -2.29. The molecule has 1 aliphatic heterocycles. The lowest BCUT2D eigenvalue weighted by Gasteiger charge is -2.24. The van der Waals surface area contributed by atoms with E-state index in [1.165, 1.54) is 0 Å². The number of aromatic nitrogens is 5. The molecule has 0 aromatic carbocycles. The maximum Gasteiger partial charge on any atom is 0.250 e. The highest BCUT2D eigenvalue weighted by Gasteiger charge is 2.19. The summed E-state index contributed by atoms with van der Waals surface area (Å²) in [5, 5.41) is 4.42.